The second-order valence-electron chi connectivity index (χ2n) is 6.15. The van der Waals surface area contributed by atoms with Gasteiger partial charge in [0.25, 0.3) is 0 Å². The average Bonchev–Trinajstić information content (AvgIpc) is 2.68. The molecule has 1 N–H and O–H groups in total. The molecule has 0 atom stereocenters. The lowest BCUT2D eigenvalue weighted by Crippen LogP contribution is -2.24. The lowest BCUT2D eigenvalue weighted by molar-refractivity contribution is -0.116. The third-order valence-corrected chi connectivity index (χ3v) is 4.39. The average molecular weight is 411 g/mol. The molecular weight excluding hydrogens is 387 g/mol. The molecule has 1 amide bonds. The van der Waals surface area contributed by atoms with Gasteiger partial charge in [-0.25, -0.2) is 4.39 Å². The third kappa shape index (κ3) is 5.50. The fourth-order valence-corrected chi connectivity index (χ4v) is 2.91. The Morgan fingerprint density at radius 3 is 2.43 bits per heavy atom. The van der Waals surface area contributed by atoms with Crippen LogP contribution in [0.4, 0.5) is 10.1 Å². The number of benzene rings is 2. The van der Waals surface area contributed by atoms with Crippen molar-refractivity contribution in [1.29, 1.82) is 0 Å². The first-order chi connectivity index (χ1) is 13.4. The van der Waals surface area contributed by atoms with E-state index in [4.69, 9.17) is 25.8 Å². The lowest BCUT2D eigenvalue weighted by atomic mass is 10.1. The Bertz CT molecular complexity index is 832. The minimum atomic E-state index is -0.565. The Morgan fingerprint density at radius 1 is 1.11 bits per heavy atom. The number of amides is 1. The predicted octanol–water partition coefficient (Wildman–Crippen LogP) is 3.97. The van der Waals surface area contributed by atoms with Gasteiger partial charge in [0, 0.05) is 30.1 Å². The molecule has 0 bridgehead atoms. The van der Waals surface area contributed by atoms with Crippen molar-refractivity contribution in [2.24, 2.45) is 0 Å². The molecule has 2 aromatic carbocycles. The van der Waals surface area contributed by atoms with Gasteiger partial charge in [-0.3, -0.25) is 4.79 Å². The molecule has 0 radical (unpaired) electrons. The zero-order valence-electron chi connectivity index (χ0n) is 16.3. The fraction of sp³-hybridized carbons (Fsp3) is 0.350. The first kappa shape index (κ1) is 21.8. The van der Waals surface area contributed by atoms with E-state index in [-0.39, 0.29) is 23.0 Å². The molecule has 152 valence electrons. The van der Waals surface area contributed by atoms with Crippen LogP contribution in [-0.4, -0.2) is 45.7 Å². The summed E-state index contributed by atoms with van der Waals surface area (Å²) in [6.07, 6.45) is 0.203. The summed E-state index contributed by atoms with van der Waals surface area (Å²) in [7, 11) is 6.56. The number of hydrogen-bond acceptors (Lipinski definition) is 5. The van der Waals surface area contributed by atoms with E-state index in [9.17, 15) is 9.18 Å². The monoisotopic (exact) mass is 410 g/mol. The van der Waals surface area contributed by atoms with Crippen LogP contribution in [-0.2, 0) is 11.3 Å². The van der Waals surface area contributed by atoms with Crippen molar-refractivity contribution in [1.82, 2.24) is 4.90 Å². The number of halogens is 2. The maximum atomic E-state index is 13.8. The number of ether oxygens (including phenoxy) is 3. The summed E-state index contributed by atoms with van der Waals surface area (Å²) in [5.74, 6) is 0.833. The van der Waals surface area contributed by atoms with Gasteiger partial charge in [-0.2, -0.15) is 0 Å². The zero-order chi connectivity index (χ0) is 20.7. The Morgan fingerprint density at radius 2 is 1.82 bits per heavy atom. The summed E-state index contributed by atoms with van der Waals surface area (Å²) in [6, 6.07) is 7.82. The summed E-state index contributed by atoms with van der Waals surface area (Å²) in [4.78, 5) is 14.1. The van der Waals surface area contributed by atoms with Crippen LogP contribution in [0, 0.1) is 5.82 Å². The van der Waals surface area contributed by atoms with Crippen LogP contribution in [0.1, 0.15) is 12.0 Å². The van der Waals surface area contributed by atoms with E-state index in [0.717, 1.165) is 11.6 Å². The van der Waals surface area contributed by atoms with E-state index >= 15 is 0 Å². The summed E-state index contributed by atoms with van der Waals surface area (Å²) in [5.41, 5.74) is 1.01. The van der Waals surface area contributed by atoms with Crippen LogP contribution in [0.5, 0.6) is 17.2 Å². The van der Waals surface area contributed by atoms with Crippen molar-refractivity contribution in [3.63, 3.8) is 0 Å². The molecule has 0 unspecified atom stereocenters. The molecule has 0 spiro atoms. The zero-order valence-corrected chi connectivity index (χ0v) is 17.1. The van der Waals surface area contributed by atoms with Crippen LogP contribution >= 0.6 is 11.6 Å². The number of carbonyl (C=O) groups excluding carboxylic acids is 1. The number of methoxy groups -OCH3 is 3. The van der Waals surface area contributed by atoms with Crippen molar-refractivity contribution in [3.8, 4) is 17.2 Å². The van der Waals surface area contributed by atoms with Gasteiger partial charge in [-0.15, -0.1) is 0 Å². The molecule has 0 saturated carbocycles. The van der Waals surface area contributed by atoms with E-state index in [1.807, 2.05) is 18.0 Å². The third-order valence-electron chi connectivity index (χ3n) is 4.15. The number of anilines is 1. The predicted molar refractivity (Wildman–Crippen MR) is 107 cm³/mol. The van der Waals surface area contributed by atoms with Crippen LogP contribution in [0.25, 0.3) is 0 Å². The number of nitrogens with one attached hydrogen (secondary N) is 1. The number of rotatable bonds is 9. The van der Waals surface area contributed by atoms with Crippen molar-refractivity contribution in [3.05, 3.63) is 46.7 Å². The number of nitrogens with zero attached hydrogens (tertiary/aromatic N) is 1. The Balaban J connectivity index is 1.97. The maximum Gasteiger partial charge on any atom is 0.225 e. The van der Waals surface area contributed by atoms with Crippen LogP contribution < -0.4 is 19.5 Å². The number of carbonyl (C=O) groups is 1. The summed E-state index contributed by atoms with van der Waals surface area (Å²) in [5, 5.41) is 2.83. The molecule has 2 rings (SSSR count). The highest BCUT2D eigenvalue weighted by molar-refractivity contribution is 6.30. The topological polar surface area (TPSA) is 60.0 Å². The van der Waals surface area contributed by atoms with Gasteiger partial charge in [0.05, 0.1) is 27.0 Å². The largest absolute Gasteiger partial charge is 0.493 e. The van der Waals surface area contributed by atoms with Gasteiger partial charge in [0.1, 0.15) is 5.82 Å². The van der Waals surface area contributed by atoms with Gasteiger partial charge in [0.15, 0.2) is 11.5 Å². The highest BCUT2D eigenvalue weighted by Gasteiger charge is 2.17. The van der Waals surface area contributed by atoms with Gasteiger partial charge < -0.3 is 24.4 Å². The van der Waals surface area contributed by atoms with Crippen LogP contribution in [0.2, 0.25) is 5.02 Å². The molecule has 0 aliphatic carbocycles. The minimum Gasteiger partial charge on any atom is -0.493 e. The first-order valence-electron chi connectivity index (χ1n) is 8.60. The minimum absolute atomic E-state index is 0.110. The van der Waals surface area contributed by atoms with Gasteiger partial charge >= 0.3 is 0 Å². The van der Waals surface area contributed by atoms with E-state index in [0.29, 0.717) is 30.3 Å². The molecule has 6 nitrogen and oxygen atoms in total. The second-order valence-corrected chi connectivity index (χ2v) is 6.59. The van der Waals surface area contributed by atoms with Gasteiger partial charge in [0.2, 0.25) is 11.7 Å². The smallest absolute Gasteiger partial charge is 0.225 e. The van der Waals surface area contributed by atoms with E-state index in [2.05, 4.69) is 5.32 Å². The summed E-state index contributed by atoms with van der Waals surface area (Å²) in [6.45, 7) is 1.00. The Labute approximate surface area is 169 Å². The Hall–Kier alpha value is -2.51. The van der Waals surface area contributed by atoms with Crippen LogP contribution in [0.15, 0.2) is 30.3 Å². The SMILES string of the molecule is COc1ccc(CN(C)CCC(=O)Nc2ccc(Cl)cc2F)c(OC)c1OC. The molecule has 8 heteroatoms. The van der Waals surface area contributed by atoms with Crippen molar-refractivity contribution < 1.29 is 23.4 Å². The quantitative estimate of drug-likeness (QED) is 0.678. The molecule has 0 fully saturated rings. The van der Waals surface area contributed by atoms with Gasteiger partial charge in [-0.1, -0.05) is 17.7 Å². The van der Waals surface area contributed by atoms with Crippen LogP contribution in [0.3, 0.4) is 0 Å². The second kappa shape index (κ2) is 10.1. The molecule has 0 aliphatic heterocycles. The first-order valence-corrected chi connectivity index (χ1v) is 8.98. The van der Waals surface area contributed by atoms with E-state index < -0.39 is 5.82 Å². The highest BCUT2D eigenvalue weighted by atomic mass is 35.5. The summed E-state index contributed by atoms with van der Waals surface area (Å²) < 4.78 is 29.9. The molecule has 0 aromatic heterocycles. The van der Waals surface area contributed by atoms with Gasteiger partial charge in [-0.05, 0) is 31.3 Å². The molecule has 2 aromatic rings. The van der Waals surface area contributed by atoms with Crippen molar-refractivity contribution >= 4 is 23.2 Å². The molecule has 0 saturated heterocycles. The summed E-state index contributed by atoms with van der Waals surface area (Å²) >= 11 is 5.71. The maximum absolute atomic E-state index is 13.8. The van der Waals surface area contributed by atoms with Crippen molar-refractivity contribution in [2.75, 3.05) is 40.2 Å². The normalized spacial score (nSPS) is 10.7. The molecular formula is C20H24ClFN2O4. The molecule has 0 heterocycles. The van der Waals surface area contributed by atoms with E-state index in [1.165, 1.54) is 12.1 Å². The van der Waals surface area contributed by atoms with Crippen molar-refractivity contribution in [2.45, 2.75) is 13.0 Å². The highest BCUT2D eigenvalue weighted by Crippen LogP contribution is 2.40. The lowest BCUT2D eigenvalue weighted by Gasteiger charge is -2.20. The van der Waals surface area contributed by atoms with E-state index in [1.54, 1.807) is 27.4 Å². The Kier molecular flexibility index (Phi) is 7.90. The number of hydrogen-bond donors (Lipinski definition) is 1. The molecule has 0 aliphatic rings. The standard InChI is InChI=1S/C20H24ClFN2O4/c1-24(10-9-18(25)23-16-7-6-14(21)11-15(16)22)12-13-5-8-17(26-2)20(28-4)19(13)27-3/h5-8,11H,9-10,12H2,1-4H3,(H,23,25). The molecule has 28 heavy (non-hydrogen) atoms. The fourth-order valence-electron chi connectivity index (χ4n) is 2.75.